The van der Waals surface area contributed by atoms with Crippen molar-refractivity contribution in [2.45, 2.75) is 51.1 Å². The van der Waals surface area contributed by atoms with E-state index in [0.29, 0.717) is 24.4 Å². The number of amides is 1. The number of rotatable bonds is 4. The Bertz CT molecular complexity index is 862. The topological polar surface area (TPSA) is 73.1 Å². The Morgan fingerprint density at radius 3 is 3.11 bits per heavy atom. The first-order valence-corrected chi connectivity index (χ1v) is 10.9. The molecular weight excluding hydrogens is 350 g/mol. The highest BCUT2D eigenvalue weighted by Gasteiger charge is 2.45. The number of benzene rings is 1. The van der Waals surface area contributed by atoms with Gasteiger partial charge in [-0.05, 0) is 75.4 Å². The number of aromatic nitrogens is 2. The molecule has 4 heterocycles. The fourth-order valence-electron chi connectivity index (χ4n) is 5.81. The molecule has 3 fully saturated rings. The predicted octanol–water partition coefficient (Wildman–Crippen LogP) is 1.99. The molecule has 2 aromatic rings. The van der Waals surface area contributed by atoms with Crippen LogP contribution in [-0.2, 0) is 11.2 Å². The van der Waals surface area contributed by atoms with E-state index in [-0.39, 0.29) is 5.91 Å². The zero-order chi connectivity index (χ0) is 19.1. The maximum absolute atomic E-state index is 12.7. The number of aromatic amines is 1. The van der Waals surface area contributed by atoms with Gasteiger partial charge in [0.2, 0.25) is 5.91 Å². The van der Waals surface area contributed by atoms with Crippen molar-refractivity contribution in [3.05, 3.63) is 29.6 Å². The highest BCUT2D eigenvalue weighted by Crippen LogP contribution is 2.38. The molecule has 0 unspecified atom stereocenters. The second-order valence-electron chi connectivity index (χ2n) is 8.94. The Labute approximate surface area is 166 Å². The van der Waals surface area contributed by atoms with Crippen molar-refractivity contribution in [1.82, 2.24) is 25.5 Å². The summed E-state index contributed by atoms with van der Waals surface area (Å²) >= 11 is 0. The van der Waals surface area contributed by atoms with Crippen LogP contribution in [0.2, 0.25) is 0 Å². The summed E-state index contributed by atoms with van der Waals surface area (Å²) in [6.07, 6.45) is 5.74. The van der Waals surface area contributed by atoms with Gasteiger partial charge < -0.3 is 15.6 Å². The van der Waals surface area contributed by atoms with Crippen LogP contribution in [0.5, 0.6) is 0 Å². The Hall–Kier alpha value is -1.92. The molecule has 1 aromatic carbocycles. The zero-order valence-corrected chi connectivity index (χ0v) is 16.7. The number of fused-ring (bicyclic) bond motifs is 5. The summed E-state index contributed by atoms with van der Waals surface area (Å²) in [5.41, 5.74) is 3.00. The normalized spacial score (nSPS) is 30.2. The maximum Gasteiger partial charge on any atom is 0.224 e. The maximum atomic E-state index is 12.7. The van der Waals surface area contributed by atoms with E-state index in [1.807, 2.05) is 25.1 Å². The zero-order valence-electron chi connectivity index (χ0n) is 16.7. The molecule has 150 valence electrons. The van der Waals surface area contributed by atoms with Gasteiger partial charge in [0, 0.05) is 18.6 Å². The van der Waals surface area contributed by atoms with Crippen molar-refractivity contribution in [1.29, 1.82) is 0 Å². The lowest BCUT2D eigenvalue weighted by molar-refractivity contribution is -0.121. The van der Waals surface area contributed by atoms with E-state index in [9.17, 15) is 4.79 Å². The molecule has 1 amide bonds. The lowest BCUT2D eigenvalue weighted by atomic mass is 9.73. The number of hydrogen-bond donors (Lipinski definition) is 3. The molecule has 28 heavy (non-hydrogen) atoms. The molecule has 4 atom stereocenters. The summed E-state index contributed by atoms with van der Waals surface area (Å²) in [5.74, 6) is 2.49. The van der Waals surface area contributed by atoms with E-state index >= 15 is 0 Å². The Kier molecular flexibility index (Phi) is 4.85. The molecule has 5 rings (SSSR count). The van der Waals surface area contributed by atoms with Gasteiger partial charge in [0.05, 0.1) is 17.5 Å². The van der Waals surface area contributed by atoms with Crippen molar-refractivity contribution < 1.29 is 4.79 Å². The highest BCUT2D eigenvalue weighted by atomic mass is 16.1. The number of aryl methyl sites for hydroxylation is 1. The van der Waals surface area contributed by atoms with Gasteiger partial charge in [0.15, 0.2) is 0 Å². The molecule has 6 nitrogen and oxygen atoms in total. The summed E-state index contributed by atoms with van der Waals surface area (Å²) in [6.45, 7) is 6.20. The van der Waals surface area contributed by atoms with Gasteiger partial charge in [-0.25, -0.2) is 4.98 Å². The van der Waals surface area contributed by atoms with E-state index < -0.39 is 0 Å². The van der Waals surface area contributed by atoms with Gasteiger partial charge in [-0.2, -0.15) is 0 Å². The lowest BCUT2D eigenvalue weighted by Crippen LogP contribution is -2.65. The number of hydrogen-bond acceptors (Lipinski definition) is 4. The second-order valence-corrected chi connectivity index (χ2v) is 8.94. The molecule has 0 aliphatic carbocycles. The van der Waals surface area contributed by atoms with E-state index in [1.165, 1.54) is 38.8 Å². The first-order valence-electron chi connectivity index (χ1n) is 10.9. The quantitative estimate of drug-likeness (QED) is 0.757. The average molecular weight is 382 g/mol. The van der Waals surface area contributed by atoms with Gasteiger partial charge in [-0.3, -0.25) is 9.69 Å². The third-order valence-corrected chi connectivity index (χ3v) is 7.06. The van der Waals surface area contributed by atoms with Crippen LogP contribution in [0.4, 0.5) is 0 Å². The molecule has 6 heteroatoms. The van der Waals surface area contributed by atoms with Gasteiger partial charge in [0.1, 0.15) is 5.82 Å². The molecule has 1 aromatic heterocycles. The number of piperidine rings is 3. The minimum Gasteiger partial charge on any atom is -0.354 e. The highest BCUT2D eigenvalue weighted by molar-refractivity contribution is 5.81. The van der Waals surface area contributed by atoms with Crippen LogP contribution in [0.1, 0.15) is 37.1 Å². The van der Waals surface area contributed by atoms with Crippen LogP contribution in [0.25, 0.3) is 11.0 Å². The van der Waals surface area contributed by atoms with Crippen molar-refractivity contribution in [3.8, 4) is 0 Å². The first kappa shape index (κ1) is 18.1. The van der Waals surface area contributed by atoms with Crippen LogP contribution in [-0.4, -0.2) is 59.0 Å². The van der Waals surface area contributed by atoms with Crippen LogP contribution in [0.15, 0.2) is 18.2 Å². The minimum atomic E-state index is 0.120. The fourth-order valence-corrected chi connectivity index (χ4v) is 5.81. The van der Waals surface area contributed by atoms with E-state index in [1.54, 1.807) is 0 Å². The number of carbonyl (C=O) groups excluding carboxylic acids is 1. The molecule has 2 bridgehead atoms. The smallest absolute Gasteiger partial charge is 0.224 e. The summed E-state index contributed by atoms with van der Waals surface area (Å²) in [5, 5.41) is 6.90. The van der Waals surface area contributed by atoms with Gasteiger partial charge in [0.25, 0.3) is 0 Å². The standard InChI is InChI=1S/C22H31N5O/c1-14-25-18-6-5-15(8-19(18)26-14)9-22(28)24-13-21-17-10-16(11-23-12-17)20-4-2-3-7-27(20)21/h5-6,8,16-17,20-21,23H,2-4,7,9-13H2,1H3,(H,24,28)(H,25,26)/t16-,17+,20+,21+/m1/s1. The Morgan fingerprint density at radius 2 is 2.18 bits per heavy atom. The summed E-state index contributed by atoms with van der Waals surface area (Å²) in [4.78, 5) is 23.1. The van der Waals surface area contributed by atoms with Crippen molar-refractivity contribution in [2.24, 2.45) is 11.8 Å². The summed E-state index contributed by atoms with van der Waals surface area (Å²) in [6, 6.07) is 7.25. The van der Waals surface area contributed by atoms with Gasteiger partial charge >= 0.3 is 0 Å². The molecule has 0 spiro atoms. The van der Waals surface area contributed by atoms with Crippen LogP contribution < -0.4 is 10.6 Å². The number of carbonyl (C=O) groups is 1. The van der Waals surface area contributed by atoms with Crippen molar-refractivity contribution in [3.63, 3.8) is 0 Å². The largest absolute Gasteiger partial charge is 0.354 e. The van der Waals surface area contributed by atoms with Gasteiger partial charge in [-0.1, -0.05) is 12.5 Å². The summed E-state index contributed by atoms with van der Waals surface area (Å²) in [7, 11) is 0. The van der Waals surface area contributed by atoms with Crippen molar-refractivity contribution in [2.75, 3.05) is 26.2 Å². The van der Waals surface area contributed by atoms with E-state index in [0.717, 1.165) is 41.4 Å². The van der Waals surface area contributed by atoms with Gasteiger partial charge in [-0.15, -0.1) is 0 Å². The molecule has 3 aliphatic heterocycles. The first-order chi connectivity index (χ1) is 13.7. The lowest BCUT2D eigenvalue weighted by Gasteiger charge is -2.55. The minimum absolute atomic E-state index is 0.120. The number of H-pyrrole nitrogens is 1. The average Bonchev–Trinajstić information content (AvgIpc) is 3.07. The molecule has 3 saturated heterocycles. The number of nitrogens with zero attached hydrogens (tertiary/aromatic N) is 2. The van der Waals surface area contributed by atoms with Crippen LogP contribution >= 0.6 is 0 Å². The summed E-state index contributed by atoms with van der Waals surface area (Å²) < 4.78 is 0. The third-order valence-electron chi connectivity index (χ3n) is 7.06. The second kappa shape index (κ2) is 7.48. The fraction of sp³-hybridized carbons (Fsp3) is 0.636. The molecule has 3 aliphatic rings. The predicted molar refractivity (Wildman–Crippen MR) is 110 cm³/mol. The number of imidazole rings is 1. The number of nitrogens with one attached hydrogen (secondary N) is 3. The van der Waals surface area contributed by atoms with Crippen LogP contribution in [0, 0.1) is 18.8 Å². The van der Waals surface area contributed by atoms with E-state index in [2.05, 4.69) is 25.5 Å². The monoisotopic (exact) mass is 381 g/mol. The molecular formula is C22H31N5O. The Morgan fingerprint density at radius 1 is 1.29 bits per heavy atom. The third kappa shape index (κ3) is 3.44. The molecule has 0 saturated carbocycles. The molecule has 0 radical (unpaired) electrons. The van der Waals surface area contributed by atoms with E-state index in [4.69, 9.17) is 0 Å². The van der Waals surface area contributed by atoms with Crippen molar-refractivity contribution >= 4 is 16.9 Å². The SMILES string of the molecule is Cc1nc2ccc(CC(=O)NC[C@H]3[C@@H]4CNC[C@@H](C4)[C@@H]4CCCCN43)cc2[nH]1. The molecule has 3 N–H and O–H groups in total. The Balaban J connectivity index is 1.23. The van der Waals surface area contributed by atoms with Crippen LogP contribution in [0.3, 0.4) is 0 Å².